The third-order valence-corrected chi connectivity index (χ3v) is 3.95. The minimum Gasteiger partial charge on any atom is -0.348 e. The second-order valence-electron chi connectivity index (χ2n) is 5.61. The molecule has 3 heteroatoms. The van der Waals surface area contributed by atoms with E-state index in [0.717, 1.165) is 18.7 Å². The van der Waals surface area contributed by atoms with Gasteiger partial charge >= 0.3 is 0 Å². The van der Waals surface area contributed by atoms with Crippen molar-refractivity contribution in [2.24, 2.45) is 0 Å². The average molecular weight is 280 g/mol. The van der Waals surface area contributed by atoms with Crippen molar-refractivity contribution in [2.75, 3.05) is 6.54 Å². The zero-order valence-electron chi connectivity index (χ0n) is 12.3. The van der Waals surface area contributed by atoms with Crippen LogP contribution >= 0.6 is 0 Å². The molecule has 1 aliphatic rings. The maximum Gasteiger partial charge on any atom is 0.234 e. The van der Waals surface area contributed by atoms with Crippen LogP contribution in [0.4, 0.5) is 0 Å². The monoisotopic (exact) mass is 280 g/mol. The number of carbonyl (C=O) groups is 1. The summed E-state index contributed by atoms with van der Waals surface area (Å²) in [6.45, 7) is 4.20. The molecule has 1 aliphatic heterocycles. The van der Waals surface area contributed by atoms with Gasteiger partial charge in [0.15, 0.2) is 0 Å². The summed E-state index contributed by atoms with van der Waals surface area (Å²) < 4.78 is 0. The molecule has 1 amide bonds. The Balaban J connectivity index is 1.54. The van der Waals surface area contributed by atoms with Gasteiger partial charge in [0.05, 0.1) is 12.6 Å². The van der Waals surface area contributed by atoms with Gasteiger partial charge in [-0.1, -0.05) is 54.6 Å². The van der Waals surface area contributed by atoms with Gasteiger partial charge < -0.3 is 5.32 Å². The number of hydrogen-bond acceptors (Lipinski definition) is 2. The molecule has 1 heterocycles. The normalized spacial score (nSPS) is 15.5. The molecular weight excluding hydrogens is 260 g/mol. The number of nitrogens with zero attached hydrogens (tertiary/aromatic N) is 1. The van der Waals surface area contributed by atoms with Crippen LogP contribution in [0.2, 0.25) is 0 Å². The molecule has 0 fully saturated rings. The van der Waals surface area contributed by atoms with E-state index in [9.17, 15) is 4.79 Å². The molecule has 0 saturated carbocycles. The van der Waals surface area contributed by atoms with Crippen LogP contribution in [0.1, 0.15) is 29.7 Å². The number of nitrogens with one attached hydrogen (secondary N) is 1. The summed E-state index contributed by atoms with van der Waals surface area (Å²) >= 11 is 0. The van der Waals surface area contributed by atoms with E-state index in [1.165, 1.54) is 11.1 Å². The minimum atomic E-state index is 0.0451. The lowest BCUT2D eigenvalue weighted by atomic mass is 10.1. The fourth-order valence-electron chi connectivity index (χ4n) is 2.83. The number of carbonyl (C=O) groups excluding carboxylic acids is 1. The van der Waals surface area contributed by atoms with Crippen LogP contribution in [-0.4, -0.2) is 17.4 Å². The predicted molar refractivity (Wildman–Crippen MR) is 83.6 cm³/mol. The van der Waals surface area contributed by atoms with E-state index in [4.69, 9.17) is 0 Å². The van der Waals surface area contributed by atoms with Crippen LogP contribution in [0.5, 0.6) is 0 Å². The van der Waals surface area contributed by atoms with Crippen molar-refractivity contribution in [2.45, 2.75) is 26.1 Å². The molecule has 0 saturated heterocycles. The lowest BCUT2D eigenvalue weighted by Gasteiger charge is -2.18. The lowest BCUT2D eigenvalue weighted by molar-refractivity contribution is -0.123. The lowest BCUT2D eigenvalue weighted by Crippen LogP contribution is -2.36. The molecule has 0 aliphatic carbocycles. The first-order valence-electron chi connectivity index (χ1n) is 7.36. The van der Waals surface area contributed by atoms with Crippen LogP contribution in [0.15, 0.2) is 54.6 Å². The Bertz CT molecular complexity index is 599. The number of amides is 1. The van der Waals surface area contributed by atoms with E-state index in [1.54, 1.807) is 0 Å². The van der Waals surface area contributed by atoms with Gasteiger partial charge in [-0.2, -0.15) is 0 Å². The van der Waals surface area contributed by atoms with Crippen LogP contribution in [0, 0.1) is 0 Å². The van der Waals surface area contributed by atoms with Crippen LogP contribution in [-0.2, 0) is 17.9 Å². The molecule has 21 heavy (non-hydrogen) atoms. The molecule has 108 valence electrons. The van der Waals surface area contributed by atoms with Crippen molar-refractivity contribution in [1.82, 2.24) is 10.2 Å². The highest BCUT2D eigenvalue weighted by Gasteiger charge is 2.20. The second-order valence-corrected chi connectivity index (χ2v) is 5.61. The van der Waals surface area contributed by atoms with Gasteiger partial charge in [0, 0.05) is 13.1 Å². The molecule has 2 aromatic rings. The summed E-state index contributed by atoms with van der Waals surface area (Å²) in [7, 11) is 0. The summed E-state index contributed by atoms with van der Waals surface area (Å²) in [5.74, 6) is 0.0826. The summed E-state index contributed by atoms with van der Waals surface area (Å²) in [5.41, 5.74) is 3.80. The summed E-state index contributed by atoms with van der Waals surface area (Å²) in [4.78, 5) is 14.4. The van der Waals surface area contributed by atoms with Gasteiger partial charge in [0.2, 0.25) is 5.91 Å². The van der Waals surface area contributed by atoms with Crippen LogP contribution in [0.3, 0.4) is 0 Å². The first-order chi connectivity index (χ1) is 10.2. The van der Waals surface area contributed by atoms with E-state index in [2.05, 4.69) is 34.5 Å². The standard InChI is InChI=1S/C18H20N2O/c1-14(15-7-3-2-4-8-15)19-18(21)13-20-11-16-9-5-6-10-17(16)12-20/h2-10,14H,11-13H2,1H3,(H,19,21). The number of fused-ring (bicyclic) bond motifs is 1. The number of benzene rings is 2. The molecule has 2 aromatic carbocycles. The van der Waals surface area contributed by atoms with E-state index in [0.29, 0.717) is 6.54 Å². The maximum absolute atomic E-state index is 12.2. The molecular formula is C18H20N2O. The van der Waals surface area contributed by atoms with Crippen molar-refractivity contribution in [3.8, 4) is 0 Å². The van der Waals surface area contributed by atoms with Crippen LogP contribution < -0.4 is 5.32 Å². The average Bonchev–Trinajstić information content (AvgIpc) is 2.90. The zero-order chi connectivity index (χ0) is 14.7. The SMILES string of the molecule is CC(NC(=O)CN1Cc2ccccc2C1)c1ccccc1. The smallest absolute Gasteiger partial charge is 0.234 e. The molecule has 1 unspecified atom stereocenters. The van der Waals surface area contributed by atoms with Crippen molar-refractivity contribution in [1.29, 1.82) is 0 Å². The Labute approximate surface area is 125 Å². The van der Waals surface area contributed by atoms with E-state index in [-0.39, 0.29) is 11.9 Å². The fourth-order valence-corrected chi connectivity index (χ4v) is 2.83. The van der Waals surface area contributed by atoms with Crippen molar-refractivity contribution >= 4 is 5.91 Å². The molecule has 3 nitrogen and oxygen atoms in total. The van der Waals surface area contributed by atoms with Gasteiger partial charge in [-0.3, -0.25) is 9.69 Å². The van der Waals surface area contributed by atoms with Gasteiger partial charge in [-0.25, -0.2) is 0 Å². The minimum absolute atomic E-state index is 0.0451. The van der Waals surface area contributed by atoms with Gasteiger partial charge in [0.25, 0.3) is 0 Å². The molecule has 0 radical (unpaired) electrons. The second kappa shape index (κ2) is 6.10. The highest BCUT2D eigenvalue weighted by Crippen LogP contribution is 2.21. The Hall–Kier alpha value is -2.13. The molecule has 0 aromatic heterocycles. The predicted octanol–water partition coefficient (Wildman–Crippen LogP) is 2.88. The Morgan fingerprint density at radius 2 is 1.62 bits per heavy atom. The summed E-state index contributed by atoms with van der Waals surface area (Å²) in [5, 5.41) is 3.07. The molecule has 0 bridgehead atoms. The third-order valence-electron chi connectivity index (χ3n) is 3.95. The molecule has 1 N–H and O–H groups in total. The summed E-state index contributed by atoms with van der Waals surface area (Å²) in [6.07, 6.45) is 0. The fraction of sp³-hybridized carbons (Fsp3) is 0.278. The van der Waals surface area contributed by atoms with Crippen molar-refractivity contribution in [3.05, 3.63) is 71.3 Å². The highest BCUT2D eigenvalue weighted by molar-refractivity contribution is 5.78. The van der Waals surface area contributed by atoms with E-state index in [1.807, 2.05) is 37.3 Å². The molecule has 3 rings (SSSR count). The van der Waals surface area contributed by atoms with Gasteiger partial charge in [-0.05, 0) is 23.6 Å². The quantitative estimate of drug-likeness (QED) is 0.934. The number of rotatable bonds is 4. The van der Waals surface area contributed by atoms with Gasteiger partial charge in [0.1, 0.15) is 0 Å². The number of hydrogen-bond donors (Lipinski definition) is 1. The Kier molecular flexibility index (Phi) is 4.02. The molecule has 1 atom stereocenters. The summed E-state index contributed by atoms with van der Waals surface area (Å²) in [6, 6.07) is 18.5. The first-order valence-corrected chi connectivity index (χ1v) is 7.36. The van der Waals surface area contributed by atoms with Crippen molar-refractivity contribution < 1.29 is 4.79 Å². The maximum atomic E-state index is 12.2. The van der Waals surface area contributed by atoms with E-state index >= 15 is 0 Å². The highest BCUT2D eigenvalue weighted by atomic mass is 16.2. The largest absolute Gasteiger partial charge is 0.348 e. The Morgan fingerprint density at radius 3 is 2.24 bits per heavy atom. The third kappa shape index (κ3) is 3.31. The first kappa shape index (κ1) is 13.8. The Morgan fingerprint density at radius 1 is 1.05 bits per heavy atom. The van der Waals surface area contributed by atoms with Crippen LogP contribution in [0.25, 0.3) is 0 Å². The topological polar surface area (TPSA) is 32.3 Å². The molecule has 0 spiro atoms. The van der Waals surface area contributed by atoms with Gasteiger partial charge in [-0.15, -0.1) is 0 Å². The van der Waals surface area contributed by atoms with E-state index < -0.39 is 0 Å². The zero-order valence-corrected chi connectivity index (χ0v) is 12.3. The van der Waals surface area contributed by atoms with Crippen molar-refractivity contribution in [3.63, 3.8) is 0 Å².